The minimum Gasteiger partial charge on any atom is -0.486 e. The van der Waals surface area contributed by atoms with E-state index in [-0.39, 0.29) is 0 Å². The molecule has 0 saturated heterocycles. The van der Waals surface area contributed by atoms with E-state index in [1.54, 1.807) is 17.5 Å². The van der Waals surface area contributed by atoms with Crippen LogP contribution >= 0.6 is 11.3 Å². The van der Waals surface area contributed by atoms with Crippen LogP contribution in [0.4, 0.5) is 0 Å². The molecule has 4 rings (SSSR count). The maximum Gasteiger partial charge on any atom is 0.172 e. The maximum absolute atomic E-state index is 11.4. The van der Waals surface area contributed by atoms with Crippen molar-refractivity contribution < 1.29 is 14.3 Å². The fourth-order valence-electron chi connectivity index (χ4n) is 3.12. The average molecular weight is 351 g/mol. The Hall–Kier alpha value is -2.50. The molecule has 0 amide bonds. The van der Waals surface area contributed by atoms with Gasteiger partial charge in [-0.2, -0.15) is 0 Å². The predicted molar refractivity (Wildman–Crippen MR) is 96.0 cm³/mol. The smallest absolute Gasteiger partial charge is 0.172 e. The Kier molecular flexibility index (Phi) is 4.11. The Labute approximate surface area is 150 Å². The molecule has 25 heavy (non-hydrogen) atoms. The van der Waals surface area contributed by atoms with Crippen LogP contribution in [0.5, 0.6) is 5.75 Å². The predicted octanol–water partition coefficient (Wildman–Crippen LogP) is 4.33. The zero-order valence-electron chi connectivity index (χ0n) is 13.8. The molecule has 0 spiro atoms. The minimum atomic E-state index is -0.553. The second-order valence-corrected chi connectivity index (χ2v) is 7.00. The molecule has 2 aromatic heterocycles. The largest absolute Gasteiger partial charge is 0.486 e. The van der Waals surface area contributed by atoms with Gasteiger partial charge in [0.25, 0.3) is 0 Å². The van der Waals surface area contributed by atoms with Gasteiger partial charge in [0.2, 0.25) is 0 Å². The number of nitrogens with zero attached hydrogens (tertiary/aromatic N) is 1. The molecule has 126 valence electrons. The summed E-state index contributed by atoms with van der Waals surface area (Å²) in [6.07, 6.45) is 2.47. The van der Waals surface area contributed by atoms with Gasteiger partial charge >= 0.3 is 0 Å². The summed E-state index contributed by atoms with van der Waals surface area (Å²) in [6, 6.07) is 13.9. The van der Waals surface area contributed by atoms with Crippen molar-refractivity contribution in [2.24, 2.45) is 0 Å². The summed E-state index contributed by atoms with van der Waals surface area (Å²) in [5.41, 5.74) is 2.67. The van der Waals surface area contributed by atoms with E-state index in [4.69, 9.17) is 9.47 Å². The fourth-order valence-corrected chi connectivity index (χ4v) is 3.98. The van der Waals surface area contributed by atoms with Gasteiger partial charge in [0.05, 0.1) is 6.61 Å². The monoisotopic (exact) mass is 351 g/mol. The summed E-state index contributed by atoms with van der Waals surface area (Å²) in [5, 5.41) is 2.03. The van der Waals surface area contributed by atoms with Crippen LogP contribution < -0.4 is 4.74 Å². The molecule has 1 aromatic carbocycles. The highest BCUT2D eigenvalue weighted by Gasteiger charge is 2.41. The number of carbonyl (C=O) groups excluding carboxylic acids is 1. The molecule has 4 nitrogen and oxygen atoms in total. The average Bonchev–Trinajstić information content (AvgIpc) is 3.30. The van der Waals surface area contributed by atoms with E-state index in [9.17, 15) is 4.79 Å². The number of carbonyl (C=O) groups is 1. The highest BCUT2D eigenvalue weighted by Crippen LogP contribution is 2.46. The van der Waals surface area contributed by atoms with Gasteiger partial charge in [0.1, 0.15) is 17.9 Å². The highest BCUT2D eigenvalue weighted by atomic mass is 32.1. The number of aldehydes is 1. The number of ether oxygens (including phenoxy) is 2. The number of rotatable bonds is 5. The third-order valence-electron chi connectivity index (χ3n) is 4.51. The lowest BCUT2D eigenvalue weighted by Crippen LogP contribution is -2.21. The van der Waals surface area contributed by atoms with Crippen molar-refractivity contribution in [3.05, 3.63) is 81.3 Å². The number of hydrogen-bond acceptors (Lipinski definition) is 5. The molecule has 0 bridgehead atoms. The normalized spacial score (nSPS) is 18.8. The summed E-state index contributed by atoms with van der Waals surface area (Å²) in [6.45, 7) is 2.82. The first-order valence-electron chi connectivity index (χ1n) is 8.04. The quantitative estimate of drug-likeness (QED) is 0.642. The summed E-state index contributed by atoms with van der Waals surface area (Å²) in [5.74, 6) is 0.525. The van der Waals surface area contributed by atoms with Crippen LogP contribution in [0.1, 0.15) is 39.0 Å². The Balaban J connectivity index is 1.72. The van der Waals surface area contributed by atoms with E-state index in [0.717, 1.165) is 27.9 Å². The van der Waals surface area contributed by atoms with Crippen LogP contribution in [-0.4, -0.2) is 11.3 Å². The lowest BCUT2D eigenvalue weighted by atomic mass is 9.93. The molecule has 3 aromatic rings. The summed E-state index contributed by atoms with van der Waals surface area (Å²) < 4.78 is 12.1. The number of benzene rings is 1. The van der Waals surface area contributed by atoms with Crippen molar-refractivity contribution in [2.75, 3.05) is 0 Å². The van der Waals surface area contributed by atoms with E-state index >= 15 is 0 Å². The number of aromatic nitrogens is 1. The van der Waals surface area contributed by atoms with Gasteiger partial charge in [-0.1, -0.05) is 36.4 Å². The number of pyridine rings is 1. The van der Waals surface area contributed by atoms with Gasteiger partial charge in [0, 0.05) is 22.2 Å². The van der Waals surface area contributed by atoms with Crippen molar-refractivity contribution in [1.29, 1.82) is 0 Å². The third-order valence-corrected chi connectivity index (χ3v) is 5.59. The zero-order chi connectivity index (χ0) is 17.3. The summed E-state index contributed by atoms with van der Waals surface area (Å²) >= 11 is 1.65. The molecule has 1 aliphatic heterocycles. The third kappa shape index (κ3) is 2.75. The van der Waals surface area contributed by atoms with Crippen molar-refractivity contribution in [2.45, 2.75) is 25.7 Å². The van der Waals surface area contributed by atoms with Gasteiger partial charge in [-0.3, -0.25) is 4.79 Å². The molecule has 0 N–H and O–H groups in total. The zero-order valence-corrected chi connectivity index (χ0v) is 14.6. The maximum atomic E-state index is 11.4. The van der Waals surface area contributed by atoms with Crippen LogP contribution in [0.25, 0.3) is 0 Å². The van der Waals surface area contributed by atoms with Crippen LogP contribution in [0, 0.1) is 0 Å². The molecule has 5 heteroatoms. The number of fused-ring (bicyclic) bond motifs is 1. The molecule has 0 radical (unpaired) electrons. The molecule has 1 aliphatic rings. The van der Waals surface area contributed by atoms with Crippen LogP contribution in [-0.2, 0) is 23.6 Å². The van der Waals surface area contributed by atoms with Gasteiger partial charge in [-0.25, -0.2) is 4.98 Å². The van der Waals surface area contributed by atoms with Gasteiger partial charge in [-0.15, -0.1) is 11.3 Å². The standard InChI is InChI=1S/C20H17NO3S/c1-20(18-8-5-9-25-18)16-10-21-17(11-22)19(15(16)13-24-20)23-12-14-6-3-2-4-7-14/h2-11H,12-13H2,1H3. The van der Waals surface area contributed by atoms with Gasteiger partial charge in [0.15, 0.2) is 12.0 Å². The first-order chi connectivity index (χ1) is 12.2. The topological polar surface area (TPSA) is 48.4 Å². The molecular formula is C20H17NO3S. The van der Waals surface area contributed by atoms with E-state index < -0.39 is 5.60 Å². The van der Waals surface area contributed by atoms with E-state index in [0.29, 0.717) is 24.7 Å². The molecule has 0 saturated carbocycles. The van der Waals surface area contributed by atoms with E-state index in [1.807, 2.05) is 48.7 Å². The van der Waals surface area contributed by atoms with Crippen LogP contribution in [0.15, 0.2) is 54.0 Å². The molecule has 1 atom stereocenters. The molecule has 3 heterocycles. The highest BCUT2D eigenvalue weighted by molar-refractivity contribution is 7.10. The Morgan fingerprint density at radius 3 is 2.84 bits per heavy atom. The SMILES string of the molecule is CC1(c2cccs2)OCc2c1cnc(C=O)c2OCc1ccccc1. The second-order valence-electron chi connectivity index (χ2n) is 6.06. The number of hydrogen-bond donors (Lipinski definition) is 0. The summed E-state index contributed by atoms with van der Waals surface area (Å²) in [4.78, 5) is 16.9. The van der Waals surface area contributed by atoms with E-state index in [1.165, 1.54) is 0 Å². The van der Waals surface area contributed by atoms with Crippen molar-refractivity contribution in [3.63, 3.8) is 0 Å². The van der Waals surface area contributed by atoms with Gasteiger partial charge in [-0.05, 0) is 23.9 Å². The second kappa shape index (κ2) is 6.43. The van der Waals surface area contributed by atoms with E-state index in [2.05, 4.69) is 11.1 Å². The molecular weight excluding hydrogens is 334 g/mol. The molecule has 0 aliphatic carbocycles. The fraction of sp³-hybridized carbons (Fsp3) is 0.200. The molecule has 1 unspecified atom stereocenters. The minimum absolute atomic E-state index is 0.314. The summed E-state index contributed by atoms with van der Waals surface area (Å²) in [7, 11) is 0. The number of thiophene rings is 1. The lowest BCUT2D eigenvalue weighted by molar-refractivity contribution is 0.0119. The van der Waals surface area contributed by atoms with Gasteiger partial charge < -0.3 is 9.47 Å². The van der Waals surface area contributed by atoms with Crippen LogP contribution in [0.3, 0.4) is 0 Å². The first-order valence-corrected chi connectivity index (χ1v) is 8.92. The van der Waals surface area contributed by atoms with Crippen molar-refractivity contribution in [1.82, 2.24) is 4.98 Å². The molecule has 0 fully saturated rings. The van der Waals surface area contributed by atoms with Crippen molar-refractivity contribution >= 4 is 17.6 Å². The van der Waals surface area contributed by atoms with Crippen molar-refractivity contribution in [3.8, 4) is 5.75 Å². The Morgan fingerprint density at radius 1 is 1.28 bits per heavy atom. The Morgan fingerprint density at radius 2 is 2.12 bits per heavy atom. The van der Waals surface area contributed by atoms with Crippen LogP contribution in [0.2, 0.25) is 0 Å². The lowest BCUT2D eigenvalue weighted by Gasteiger charge is -2.23. The Bertz CT molecular complexity index is 893. The first kappa shape index (κ1) is 16.0.